The third-order valence-electron chi connectivity index (χ3n) is 3.63. The van der Waals surface area contributed by atoms with Crippen molar-refractivity contribution < 1.29 is 4.79 Å². The van der Waals surface area contributed by atoms with Crippen LogP contribution in [0.25, 0.3) is 0 Å². The molecule has 1 rings (SSSR count). The summed E-state index contributed by atoms with van der Waals surface area (Å²) >= 11 is 0. The molecule has 0 aliphatic heterocycles. The average molecular weight is 154 g/mol. The molecule has 0 N–H and O–H groups in total. The molecule has 1 aliphatic carbocycles. The van der Waals surface area contributed by atoms with Gasteiger partial charge in [0.15, 0.2) is 0 Å². The van der Waals surface area contributed by atoms with Crippen LogP contribution in [0.15, 0.2) is 0 Å². The molecule has 0 spiro atoms. The summed E-state index contributed by atoms with van der Waals surface area (Å²) in [6.07, 6.45) is 2.20. The summed E-state index contributed by atoms with van der Waals surface area (Å²) in [7, 11) is 0. The molecule has 1 fully saturated rings. The lowest BCUT2D eigenvalue weighted by Gasteiger charge is -2.24. The van der Waals surface area contributed by atoms with Crippen LogP contribution in [0.3, 0.4) is 0 Å². The van der Waals surface area contributed by atoms with Crippen LogP contribution in [0.5, 0.6) is 0 Å². The van der Waals surface area contributed by atoms with Crippen LogP contribution in [-0.4, -0.2) is 6.29 Å². The van der Waals surface area contributed by atoms with E-state index in [4.69, 9.17) is 0 Å². The highest BCUT2D eigenvalue weighted by molar-refractivity contribution is 5.55. The first-order chi connectivity index (χ1) is 4.99. The minimum absolute atomic E-state index is 0.306. The second kappa shape index (κ2) is 2.62. The van der Waals surface area contributed by atoms with Gasteiger partial charge in [-0.3, -0.25) is 0 Å². The first kappa shape index (κ1) is 8.76. The van der Waals surface area contributed by atoms with E-state index in [1.165, 1.54) is 0 Å². The molecule has 0 aromatic carbocycles. The summed E-state index contributed by atoms with van der Waals surface area (Å²) in [6.45, 7) is 8.97. The maximum atomic E-state index is 10.7. The summed E-state index contributed by atoms with van der Waals surface area (Å²) < 4.78 is 0. The summed E-state index contributed by atoms with van der Waals surface area (Å²) in [4.78, 5) is 10.7. The van der Waals surface area contributed by atoms with Gasteiger partial charge in [0.25, 0.3) is 0 Å². The molecule has 0 radical (unpaired) electrons. The van der Waals surface area contributed by atoms with Crippen molar-refractivity contribution in [2.75, 3.05) is 0 Å². The van der Waals surface area contributed by atoms with Gasteiger partial charge in [0, 0.05) is 5.92 Å². The second-order valence-corrected chi connectivity index (χ2v) is 4.64. The number of carbonyl (C=O) groups is 1. The third-order valence-corrected chi connectivity index (χ3v) is 3.63. The number of hydrogen-bond donors (Lipinski definition) is 0. The van der Waals surface area contributed by atoms with Gasteiger partial charge in [-0.2, -0.15) is 0 Å². The first-order valence-electron chi connectivity index (χ1n) is 4.44. The smallest absolute Gasteiger partial charge is 0.123 e. The van der Waals surface area contributed by atoms with Crippen LogP contribution in [0, 0.1) is 23.2 Å². The van der Waals surface area contributed by atoms with Gasteiger partial charge >= 0.3 is 0 Å². The van der Waals surface area contributed by atoms with E-state index in [1.807, 2.05) is 0 Å². The summed E-state index contributed by atoms with van der Waals surface area (Å²) in [5, 5.41) is 0. The van der Waals surface area contributed by atoms with Crippen molar-refractivity contribution >= 4 is 6.29 Å². The largest absolute Gasteiger partial charge is 0.303 e. The summed E-state index contributed by atoms with van der Waals surface area (Å²) in [5.74, 6) is 1.56. The van der Waals surface area contributed by atoms with Gasteiger partial charge in [0.2, 0.25) is 0 Å². The van der Waals surface area contributed by atoms with Crippen LogP contribution >= 0.6 is 0 Å². The van der Waals surface area contributed by atoms with Gasteiger partial charge in [0.1, 0.15) is 6.29 Å². The lowest BCUT2D eigenvalue weighted by molar-refractivity contribution is -0.112. The number of hydrogen-bond acceptors (Lipinski definition) is 1. The molecule has 0 aromatic rings. The van der Waals surface area contributed by atoms with E-state index in [0.717, 1.165) is 12.7 Å². The highest BCUT2D eigenvalue weighted by Crippen LogP contribution is 2.48. The standard InChI is InChI=1S/C10H18O/c1-7-8(2)10(3,4)5-9(7)6-11/h6-9H,5H2,1-4H3/t7?,8-,9?/m0/s1. The van der Waals surface area contributed by atoms with Crippen molar-refractivity contribution in [3.05, 3.63) is 0 Å². The molecule has 3 atom stereocenters. The molecule has 1 aliphatic rings. The minimum atomic E-state index is 0.306. The van der Waals surface area contributed by atoms with Crippen molar-refractivity contribution in [2.24, 2.45) is 23.2 Å². The van der Waals surface area contributed by atoms with E-state index >= 15 is 0 Å². The van der Waals surface area contributed by atoms with Gasteiger partial charge in [-0.15, -0.1) is 0 Å². The van der Waals surface area contributed by atoms with Gasteiger partial charge in [0.05, 0.1) is 0 Å². The third kappa shape index (κ3) is 1.33. The molecule has 1 heteroatoms. The average Bonchev–Trinajstić information content (AvgIpc) is 2.13. The molecule has 0 saturated heterocycles. The van der Waals surface area contributed by atoms with Crippen molar-refractivity contribution in [1.82, 2.24) is 0 Å². The summed E-state index contributed by atoms with van der Waals surface area (Å²) in [5.41, 5.74) is 0.366. The molecule has 0 amide bonds. The van der Waals surface area contributed by atoms with E-state index < -0.39 is 0 Å². The van der Waals surface area contributed by atoms with Gasteiger partial charge in [-0.25, -0.2) is 0 Å². The van der Waals surface area contributed by atoms with Crippen LogP contribution in [-0.2, 0) is 4.79 Å². The minimum Gasteiger partial charge on any atom is -0.303 e. The Morgan fingerprint density at radius 2 is 1.91 bits per heavy atom. The number of aldehydes is 1. The van der Waals surface area contributed by atoms with E-state index in [9.17, 15) is 4.79 Å². The molecule has 11 heavy (non-hydrogen) atoms. The van der Waals surface area contributed by atoms with Crippen molar-refractivity contribution in [1.29, 1.82) is 0 Å². The number of rotatable bonds is 1. The molecular formula is C10H18O. The highest BCUT2D eigenvalue weighted by Gasteiger charge is 2.42. The Morgan fingerprint density at radius 3 is 2.09 bits per heavy atom. The Kier molecular flexibility index (Phi) is 2.08. The fourth-order valence-corrected chi connectivity index (χ4v) is 2.23. The Morgan fingerprint density at radius 1 is 1.36 bits per heavy atom. The first-order valence-corrected chi connectivity index (χ1v) is 4.44. The zero-order valence-corrected chi connectivity index (χ0v) is 7.92. The monoisotopic (exact) mass is 154 g/mol. The predicted octanol–water partition coefficient (Wildman–Crippen LogP) is 2.50. The lowest BCUT2D eigenvalue weighted by Crippen LogP contribution is -2.17. The highest BCUT2D eigenvalue weighted by atomic mass is 16.1. The molecule has 0 aromatic heterocycles. The molecular weight excluding hydrogens is 136 g/mol. The van der Waals surface area contributed by atoms with E-state index in [-0.39, 0.29) is 0 Å². The lowest BCUT2D eigenvalue weighted by atomic mass is 9.81. The molecule has 0 bridgehead atoms. The quantitative estimate of drug-likeness (QED) is 0.530. The Balaban J connectivity index is 2.76. The van der Waals surface area contributed by atoms with Crippen LogP contribution in [0.1, 0.15) is 34.1 Å². The molecule has 64 valence electrons. The Labute approximate surface area is 69.2 Å². The van der Waals surface area contributed by atoms with E-state index in [1.54, 1.807) is 0 Å². The maximum absolute atomic E-state index is 10.7. The van der Waals surface area contributed by atoms with Crippen LogP contribution in [0.2, 0.25) is 0 Å². The fourth-order valence-electron chi connectivity index (χ4n) is 2.23. The molecule has 2 unspecified atom stereocenters. The SMILES string of the molecule is CC1C(C=O)CC(C)(C)[C@H]1C. The Hall–Kier alpha value is -0.330. The van der Waals surface area contributed by atoms with Crippen LogP contribution in [0.4, 0.5) is 0 Å². The van der Waals surface area contributed by atoms with E-state index in [0.29, 0.717) is 23.2 Å². The molecule has 1 saturated carbocycles. The van der Waals surface area contributed by atoms with E-state index in [2.05, 4.69) is 27.7 Å². The zero-order valence-electron chi connectivity index (χ0n) is 7.92. The van der Waals surface area contributed by atoms with Crippen molar-refractivity contribution in [3.8, 4) is 0 Å². The predicted molar refractivity (Wildman–Crippen MR) is 46.3 cm³/mol. The topological polar surface area (TPSA) is 17.1 Å². The van der Waals surface area contributed by atoms with Gasteiger partial charge < -0.3 is 4.79 Å². The summed E-state index contributed by atoms with van der Waals surface area (Å²) in [6, 6.07) is 0. The number of carbonyl (C=O) groups excluding carboxylic acids is 1. The van der Waals surface area contributed by atoms with Gasteiger partial charge in [-0.1, -0.05) is 27.7 Å². The van der Waals surface area contributed by atoms with Crippen molar-refractivity contribution in [2.45, 2.75) is 34.1 Å². The maximum Gasteiger partial charge on any atom is 0.123 e. The fraction of sp³-hybridized carbons (Fsp3) is 0.900. The van der Waals surface area contributed by atoms with Crippen molar-refractivity contribution in [3.63, 3.8) is 0 Å². The second-order valence-electron chi connectivity index (χ2n) is 4.64. The zero-order chi connectivity index (χ0) is 8.65. The normalized spacial score (nSPS) is 42.4. The molecule has 1 nitrogen and oxygen atoms in total. The Bertz CT molecular complexity index is 160. The molecule has 0 heterocycles. The van der Waals surface area contributed by atoms with Crippen LogP contribution < -0.4 is 0 Å². The van der Waals surface area contributed by atoms with Gasteiger partial charge in [-0.05, 0) is 23.7 Å².